The van der Waals surface area contributed by atoms with E-state index in [1.807, 2.05) is 4.90 Å². The van der Waals surface area contributed by atoms with E-state index in [0.29, 0.717) is 29.0 Å². The molecule has 88 valence electrons. The third-order valence-electron chi connectivity index (χ3n) is 2.66. The third-order valence-corrected chi connectivity index (χ3v) is 2.94. The van der Waals surface area contributed by atoms with Crippen molar-refractivity contribution < 1.29 is 10.2 Å². The summed E-state index contributed by atoms with van der Waals surface area (Å²) in [5.41, 5.74) is 0.702. The Bertz CT molecular complexity index is 369. The van der Waals surface area contributed by atoms with Crippen LogP contribution in [0.5, 0.6) is 0 Å². The normalized spacial score (nSPS) is 15.2. The first-order chi connectivity index (χ1) is 7.76. The Morgan fingerprint density at radius 2 is 2.19 bits per heavy atom. The van der Waals surface area contributed by atoms with Gasteiger partial charge in [0.05, 0.1) is 18.2 Å². The van der Waals surface area contributed by atoms with E-state index in [1.54, 1.807) is 12.3 Å². The van der Waals surface area contributed by atoms with Gasteiger partial charge in [0.2, 0.25) is 0 Å². The lowest BCUT2D eigenvalue weighted by Gasteiger charge is -2.23. The van der Waals surface area contributed by atoms with Crippen LogP contribution in [-0.2, 0) is 6.61 Å². The monoisotopic (exact) mass is 242 g/mol. The van der Waals surface area contributed by atoms with E-state index in [0.717, 1.165) is 12.8 Å². The highest BCUT2D eigenvalue weighted by atomic mass is 35.5. The maximum absolute atomic E-state index is 9.01. The summed E-state index contributed by atoms with van der Waals surface area (Å²) in [4.78, 5) is 6.28. The van der Waals surface area contributed by atoms with Gasteiger partial charge in [0.25, 0.3) is 0 Å². The van der Waals surface area contributed by atoms with Crippen molar-refractivity contribution in [3.05, 3.63) is 22.8 Å². The summed E-state index contributed by atoms with van der Waals surface area (Å²) in [5, 5.41) is 18.5. The zero-order chi connectivity index (χ0) is 11.5. The fourth-order valence-electron chi connectivity index (χ4n) is 1.72. The lowest BCUT2D eigenvalue weighted by molar-refractivity contribution is 0.281. The van der Waals surface area contributed by atoms with Crippen molar-refractivity contribution in [1.82, 2.24) is 4.98 Å². The standard InChI is InChI=1S/C11H15ClN2O2/c12-10-5-8(7-16)6-13-11(10)14(3-4-15)9-1-2-9/h5-6,9,15-16H,1-4,7H2. The van der Waals surface area contributed by atoms with Crippen LogP contribution in [0, 0.1) is 0 Å². The van der Waals surface area contributed by atoms with E-state index in [1.165, 1.54) is 0 Å². The van der Waals surface area contributed by atoms with Crippen LogP contribution in [0.1, 0.15) is 18.4 Å². The summed E-state index contributed by atoms with van der Waals surface area (Å²) < 4.78 is 0. The molecule has 0 atom stereocenters. The van der Waals surface area contributed by atoms with E-state index in [4.69, 9.17) is 21.8 Å². The van der Waals surface area contributed by atoms with Gasteiger partial charge < -0.3 is 15.1 Å². The molecule has 1 aromatic heterocycles. The van der Waals surface area contributed by atoms with Gasteiger partial charge in [-0.3, -0.25) is 0 Å². The van der Waals surface area contributed by atoms with Crippen molar-refractivity contribution in [2.75, 3.05) is 18.1 Å². The lowest BCUT2D eigenvalue weighted by atomic mass is 10.3. The van der Waals surface area contributed by atoms with Gasteiger partial charge in [0.15, 0.2) is 0 Å². The van der Waals surface area contributed by atoms with Crippen molar-refractivity contribution in [3.8, 4) is 0 Å². The van der Waals surface area contributed by atoms with Gasteiger partial charge in [-0.05, 0) is 24.5 Å². The molecule has 0 aliphatic heterocycles. The predicted octanol–water partition coefficient (Wildman–Crippen LogP) is 1.19. The number of anilines is 1. The molecule has 2 rings (SSSR count). The highest BCUT2D eigenvalue weighted by molar-refractivity contribution is 6.33. The van der Waals surface area contributed by atoms with Crippen molar-refractivity contribution in [3.63, 3.8) is 0 Å². The molecule has 0 amide bonds. The van der Waals surface area contributed by atoms with Gasteiger partial charge in [-0.1, -0.05) is 11.6 Å². The molecule has 4 nitrogen and oxygen atoms in total. The first-order valence-corrected chi connectivity index (χ1v) is 5.77. The van der Waals surface area contributed by atoms with E-state index in [-0.39, 0.29) is 13.2 Å². The minimum absolute atomic E-state index is 0.0591. The zero-order valence-electron chi connectivity index (χ0n) is 8.93. The van der Waals surface area contributed by atoms with Crippen LogP contribution in [-0.4, -0.2) is 34.4 Å². The maximum atomic E-state index is 9.01. The van der Waals surface area contributed by atoms with Crippen LogP contribution >= 0.6 is 11.6 Å². The maximum Gasteiger partial charge on any atom is 0.147 e. The summed E-state index contributed by atoms with van der Waals surface area (Å²) in [5.74, 6) is 0.704. The van der Waals surface area contributed by atoms with Gasteiger partial charge in [0.1, 0.15) is 5.82 Å². The summed E-state index contributed by atoms with van der Waals surface area (Å²) in [6.45, 7) is 0.586. The van der Waals surface area contributed by atoms with Crippen molar-refractivity contribution in [2.45, 2.75) is 25.5 Å². The molecule has 5 heteroatoms. The Balaban J connectivity index is 2.22. The lowest BCUT2D eigenvalue weighted by Crippen LogP contribution is -2.30. The fourth-order valence-corrected chi connectivity index (χ4v) is 2.02. The van der Waals surface area contributed by atoms with Crippen molar-refractivity contribution in [2.24, 2.45) is 0 Å². The Labute approximate surface area is 99.5 Å². The molecule has 1 aliphatic carbocycles. The van der Waals surface area contributed by atoms with Gasteiger partial charge in [-0.15, -0.1) is 0 Å². The average Bonchev–Trinajstić information content (AvgIpc) is 3.10. The summed E-state index contributed by atoms with van der Waals surface area (Å²) >= 11 is 6.11. The molecule has 1 heterocycles. The second-order valence-electron chi connectivity index (χ2n) is 3.96. The molecule has 1 aromatic rings. The van der Waals surface area contributed by atoms with E-state index in [9.17, 15) is 0 Å². The molecule has 1 fully saturated rings. The first-order valence-electron chi connectivity index (χ1n) is 5.39. The number of aliphatic hydroxyl groups is 2. The molecule has 1 saturated carbocycles. The minimum Gasteiger partial charge on any atom is -0.395 e. The van der Waals surface area contributed by atoms with Crippen molar-refractivity contribution >= 4 is 17.4 Å². The number of hydrogen-bond donors (Lipinski definition) is 2. The molecule has 16 heavy (non-hydrogen) atoms. The summed E-state index contributed by atoms with van der Waals surface area (Å²) in [6.07, 6.45) is 3.87. The molecule has 1 aliphatic rings. The minimum atomic E-state index is -0.0591. The van der Waals surface area contributed by atoms with Gasteiger partial charge >= 0.3 is 0 Å². The van der Waals surface area contributed by atoms with Crippen LogP contribution in [0.15, 0.2) is 12.3 Å². The number of hydrogen-bond acceptors (Lipinski definition) is 4. The van der Waals surface area contributed by atoms with E-state index >= 15 is 0 Å². The number of nitrogens with zero attached hydrogens (tertiary/aromatic N) is 2. The van der Waals surface area contributed by atoms with E-state index < -0.39 is 0 Å². The topological polar surface area (TPSA) is 56.6 Å². The Morgan fingerprint density at radius 1 is 1.44 bits per heavy atom. The molecule has 2 N–H and O–H groups in total. The third kappa shape index (κ3) is 2.45. The number of pyridine rings is 1. The molecule has 0 spiro atoms. The predicted molar refractivity (Wildman–Crippen MR) is 62.6 cm³/mol. The summed E-state index contributed by atoms with van der Waals surface area (Å²) in [7, 11) is 0. The Hall–Kier alpha value is -0.840. The molecule has 0 saturated heterocycles. The fraction of sp³-hybridized carbons (Fsp3) is 0.545. The number of halogens is 1. The first kappa shape index (κ1) is 11.6. The Kier molecular flexibility index (Phi) is 3.63. The molecule has 0 radical (unpaired) electrons. The van der Waals surface area contributed by atoms with Gasteiger partial charge in [0, 0.05) is 18.8 Å². The number of aromatic nitrogens is 1. The van der Waals surface area contributed by atoms with E-state index in [2.05, 4.69) is 4.98 Å². The van der Waals surface area contributed by atoms with Gasteiger partial charge in [-0.2, -0.15) is 0 Å². The second-order valence-corrected chi connectivity index (χ2v) is 4.36. The van der Waals surface area contributed by atoms with Crippen LogP contribution < -0.4 is 4.90 Å². The highest BCUT2D eigenvalue weighted by Crippen LogP contribution is 2.34. The molecule has 0 bridgehead atoms. The van der Waals surface area contributed by atoms with Crippen LogP contribution in [0.4, 0.5) is 5.82 Å². The molecule has 0 aromatic carbocycles. The van der Waals surface area contributed by atoms with Gasteiger partial charge in [-0.25, -0.2) is 4.98 Å². The average molecular weight is 243 g/mol. The zero-order valence-corrected chi connectivity index (χ0v) is 9.69. The quantitative estimate of drug-likeness (QED) is 0.815. The second kappa shape index (κ2) is 4.99. The summed E-state index contributed by atoms with van der Waals surface area (Å²) in [6, 6.07) is 2.17. The molecular weight excluding hydrogens is 228 g/mol. The van der Waals surface area contributed by atoms with Crippen LogP contribution in [0.2, 0.25) is 5.02 Å². The van der Waals surface area contributed by atoms with Crippen molar-refractivity contribution in [1.29, 1.82) is 0 Å². The van der Waals surface area contributed by atoms with Crippen LogP contribution in [0.3, 0.4) is 0 Å². The Morgan fingerprint density at radius 3 is 2.69 bits per heavy atom. The molecule has 0 unspecified atom stereocenters. The largest absolute Gasteiger partial charge is 0.395 e. The number of rotatable bonds is 5. The highest BCUT2D eigenvalue weighted by Gasteiger charge is 2.30. The molecular formula is C11H15ClN2O2. The van der Waals surface area contributed by atoms with Crippen LogP contribution in [0.25, 0.3) is 0 Å². The smallest absolute Gasteiger partial charge is 0.147 e. The SMILES string of the molecule is OCCN(c1ncc(CO)cc1Cl)C1CC1. The number of aliphatic hydroxyl groups excluding tert-OH is 2.